The standard InChI is InChI=1S/C16H16O/c1-5-11-6-7-14-12(8-11)9-13(17)10-15(14)16(2,3)4/h1,6-10,17H,2-4H3. The highest BCUT2D eigenvalue weighted by Crippen LogP contribution is 2.33. The molecule has 1 N–H and O–H groups in total. The molecule has 1 heteroatoms. The van der Waals surface area contributed by atoms with Crippen LogP contribution >= 0.6 is 0 Å². The van der Waals surface area contributed by atoms with E-state index in [9.17, 15) is 5.11 Å². The van der Waals surface area contributed by atoms with Crippen LogP contribution in [0.25, 0.3) is 10.8 Å². The zero-order valence-corrected chi connectivity index (χ0v) is 10.4. The Hall–Kier alpha value is -1.94. The summed E-state index contributed by atoms with van der Waals surface area (Å²) in [4.78, 5) is 0. The first-order valence-corrected chi connectivity index (χ1v) is 5.66. The minimum absolute atomic E-state index is 0.00531. The van der Waals surface area contributed by atoms with Gasteiger partial charge in [0.05, 0.1) is 0 Å². The van der Waals surface area contributed by atoms with Crippen molar-refractivity contribution in [1.29, 1.82) is 0 Å². The Morgan fingerprint density at radius 3 is 2.41 bits per heavy atom. The molecule has 0 heterocycles. The minimum atomic E-state index is -0.00531. The van der Waals surface area contributed by atoms with Gasteiger partial charge in [0.2, 0.25) is 0 Å². The second kappa shape index (κ2) is 3.82. The van der Waals surface area contributed by atoms with Crippen LogP contribution in [0.3, 0.4) is 0 Å². The van der Waals surface area contributed by atoms with Gasteiger partial charge in [0, 0.05) is 5.56 Å². The lowest BCUT2D eigenvalue weighted by Gasteiger charge is -2.21. The second-order valence-corrected chi connectivity index (χ2v) is 5.32. The van der Waals surface area contributed by atoms with E-state index >= 15 is 0 Å². The monoisotopic (exact) mass is 224 g/mol. The SMILES string of the molecule is C#Cc1ccc2c(C(C)(C)C)cc(O)cc2c1. The summed E-state index contributed by atoms with van der Waals surface area (Å²) in [7, 11) is 0. The van der Waals surface area contributed by atoms with Crippen LogP contribution in [0.1, 0.15) is 31.9 Å². The Kier molecular flexibility index (Phi) is 2.59. The zero-order valence-electron chi connectivity index (χ0n) is 10.4. The van der Waals surface area contributed by atoms with Crippen molar-refractivity contribution in [2.24, 2.45) is 0 Å². The molecule has 0 spiro atoms. The van der Waals surface area contributed by atoms with Crippen LogP contribution in [-0.2, 0) is 5.41 Å². The molecular weight excluding hydrogens is 208 g/mol. The molecule has 2 aromatic rings. The third-order valence-electron chi connectivity index (χ3n) is 2.91. The van der Waals surface area contributed by atoms with Gasteiger partial charge in [0.1, 0.15) is 5.75 Å². The van der Waals surface area contributed by atoms with Crippen LogP contribution in [0.5, 0.6) is 5.75 Å². The number of fused-ring (bicyclic) bond motifs is 1. The van der Waals surface area contributed by atoms with Gasteiger partial charge in [-0.3, -0.25) is 0 Å². The third kappa shape index (κ3) is 2.12. The van der Waals surface area contributed by atoms with Crippen LogP contribution in [0.15, 0.2) is 30.3 Å². The molecule has 0 fully saturated rings. The highest BCUT2D eigenvalue weighted by Gasteiger charge is 2.17. The number of benzene rings is 2. The summed E-state index contributed by atoms with van der Waals surface area (Å²) >= 11 is 0. The molecule has 0 saturated heterocycles. The van der Waals surface area contributed by atoms with Crippen molar-refractivity contribution in [3.8, 4) is 18.1 Å². The predicted octanol–water partition coefficient (Wildman–Crippen LogP) is 3.82. The molecule has 0 unspecified atom stereocenters. The van der Waals surface area contributed by atoms with Crippen LogP contribution in [0, 0.1) is 12.3 Å². The number of hydrogen-bond donors (Lipinski definition) is 1. The van der Waals surface area contributed by atoms with Crippen molar-refractivity contribution in [2.75, 3.05) is 0 Å². The smallest absolute Gasteiger partial charge is 0.116 e. The molecule has 0 aromatic heterocycles. The lowest BCUT2D eigenvalue weighted by molar-refractivity contribution is 0.472. The minimum Gasteiger partial charge on any atom is -0.508 e. The normalized spacial score (nSPS) is 11.4. The number of phenolic OH excluding ortho intramolecular Hbond substituents is 1. The van der Waals surface area contributed by atoms with Crippen LogP contribution in [0.2, 0.25) is 0 Å². The zero-order chi connectivity index (χ0) is 12.6. The summed E-state index contributed by atoms with van der Waals surface area (Å²) < 4.78 is 0. The molecule has 0 saturated carbocycles. The predicted molar refractivity (Wildman–Crippen MR) is 72.2 cm³/mol. The molecular formula is C16H16O. The van der Waals surface area contributed by atoms with Gasteiger partial charge in [0.25, 0.3) is 0 Å². The van der Waals surface area contributed by atoms with Crippen molar-refractivity contribution in [2.45, 2.75) is 26.2 Å². The first kappa shape index (κ1) is 11.5. The molecule has 17 heavy (non-hydrogen) atoms. The van der Waals surface area contributed by atoms with Gasteiger partial charge < -0.3 is 5.11 Å². The number of terminal acetylenes is 1. The molecule has 0 aliphatic heterocycles. The molecule has 0 bridgehead atoms. The first-order valence-electron chi connectivity index (χ1n) is 5.66. The Morgan fingerprint density at radius 2 is 1.82 bits per heavy atom. The average Bonchev–Trinajstić information content (AvgIpc) is 2.25. The quantitative estimate of drug-likeness (QED) is 0.674. The maximum absolute atomic E-state index is 9.79. The fourth-order valence-electron chi connectivity index (χ4n) is 2.06. The van der Waals surface area contributed by atoms with Crippen molar-refractivity contribution in [3.63, 3.8) is 0 Å². The maximum atomic E-state index is 9.79. The van der Waals surface area contributed by atoms with E-state index in [0.29, 0.717) is 0 Å². The third-order valence-corrected chi connectivity index (χ3v) is 2.91. The van der Waals surface area contributed by atoms with Gasteiger partial charge >= 0.3 is 0 Å². The van der Waals surface area contributed by atoms with E-state index in [0.717, 1.165) is 21.9 Å². The molecule has 0 radical (unpaired) electrons. The van der Waals surface area contributed by atoms with Crippen molar-refractivity contribution in [1.82, 2.24) is 0 Å². The topological polar surface area (TPSA) is 20.2 Å². The fourth-order valence-corrected chi connectivity index (χ4v) is 2.06. The van der Waals surface area contributed by atoms with Gasteiger partial charge in [-0.1, -0.05) is 32.8 Å². The van der Waals surface area contributed by atoms with Gasteiger partial charge in [-0.05, 0) is 46.0 Å². The molecule has 2 rings (SSSR count). The largest absolute Gasteiger partial charge is 0.508 e. The lowest BCUT2D eigenvalue weighted by atomic mass is 9.83. The molecule has 1 nitrogen and oxygen atoms in total. The second-order valence-electron chi connectivity index (χ2n) is 5.32. The van der Waals surface area contributed by atoms with Gasteiger partial charge in [-0.2, -0.15) is 0 Å². The summed E-state index contributed by atoms with van der Waals surface area (Å²) in [6.07, 6.45) is 5.39. The van der Waals surface area contributed by atoms with Crippen molar-refractivity contribution < 1.29 is 5.11 Å². The highest BCUT2D eigenvalue weighted by molar-refractivity contribution is 5.89. The van der Waals surface area contributed by atoms with Crippen LogP contribution in [-0.4, -0.2) is 5.11 Å². The van der Waals surface area contributed by atoms with Gasteiger partial charge in [0.15, 0.2) is 0 Å². The van der Waals surface area contributed by atoms with E-state index in [2.05, 4.69) is 26.7 Å². The average molecular weight is 224 g/mol. The summed E-state index contributed by atoms with van der Waals surface area (Å²) in [5.41, 5.74) is 1.97. The van der Waals surface area contributed by atoms with E-state index in [-0.39, 0.29) is 11.2 Å². The summed E-state index contributed by atoms with van der Waals surface area (Å²) in [5.74, 6) is 2.90. The van der Waals surface area contributed by atoms with Crippen LogP contribution in [0.4, 0.5) is 0 Å². The van der Waals surface area contributed by atoms with E-state index < -0.39 is 0 Å². The molecule has 0 atom stereocenters. The molecule has 0 aliphatic rings. The molecule has 0 aliphatic carbocycles. The Balaban J connectivity index is 2.83. The first-order chi connectivity index (χ1) is 7.91. The summed E-state index contributed by atoms with van der Waals surface area (Å²) in [6, 6.07) is 9.49. The van der Waals surface area contributed by atoms with E-state index in [1.54, 1.807) is 6.07 Å². The number of aromatic hydroxyl groups is 1. The number of hydrogen-bond acceptors (Lipinski definition) is 1. The van der Waals surface area contributed by atoms with Crippen LogP contribution < -0.4 is 0 Å². The van der Waals surface area contributed by atoms with E-state index in [4.69, 9.17) is 6.42 Å². The Bertz CT molecular complexity index is 610. The van der Waals surface area contributed by atoms with Crippen molar-refractivity contribution in [3.05, 3.63) is 41.5 Å². The Morgan fingerprint density at radius 1 is 1.12 bits per heavy atom. The summed E-state index contributed by atoms with van der Waals surface area (Å²) in [6.45, 7) is 6.41. The van der Waals surface area contributed by atoms with Crippen molar-refractivity contribution >= 4 is 10.8 Å². The fraction of sp³-hybridized carbons (Fsp3) is 0.250. The number of rotatable bonds is 0. The summed E-state index contributed by atoms with van der Waals surface area (Å²) in [5, 5.41) is 11.9. The lowest BCUT2D eigenvalue weighted by Crippen LogP contribution is -2.11. The molecule has 2 aromatic carbocycles. The van der Waals surface area contributed by atoms with Gasteiger partial charge in [-0.15, -0.1) is 6.42 Å². The van der Waals surface area contributed by atoms with E-state index in [1.165, 1.54) is 0 Å². The molecule has 86 valence electrons. The van der Waals surface area contributed by atoms with E-state index in [1.807, 2.05) is 24.3 Å². The highest BCUT2D eigenvalue weighted by atomic mass is 16.3. The van der Waals surface area contributed by atoms with Gasteiger partial charge in [-0.25, -0.2) is 0 Å². The maximum Gasteiger partial charge on any atom is 0.116 e. The molecule has 0 amide bonds. The number of phenols is 1. The Labute approximate surface area is 102 Å².